The van der Waals surface area contributed by atoms with Crippen molar-refractivity contribution in [2.24, 2.45) is 13.0 Å². The summed E-state index contributed by atoms with van der Waals surface area (Å²) < 4.78 is 1.61. The molecule has 0 saturated carbocycles. The van der Waals surface area contributed by atoms with Gasteiger partial charge in [-0.15, -0.1) is 16.4 Å². The van der Waals surface area contributed by atoms with Crippen molar-refractivity contribution in [2.75, 3.05) is 5.32 Å². The number of anilines is 1. The van der Waals surface area contributed by atoms with E-state index in [2.05, 4.69) is 33.8 Å². The number of carbonyl (C=O) groups is 1. The third kappa shape index (κ3) is 3.19. The van der Waals surface area contributed by atoms with Crippen LogP contribution in [0, 0.1) is 5.92 Å². The molecule has 1 amide bonds. The van der Waals surface area contributed by atoms with Gasteiger partial charge in [0.05, 0.1) is 4.88 Å². The largest absolute Gasteiger partial charge is 0.321 e. The van der Waals surface area contributed by atoms with E-state index >= 15 is 0 Å². The molecule has 25 heavy (non-hydrogen) atoms. The van der Waals surface area contributed by atoms with Crippen LogP contribution in [0.3, 0.4) is 0 Å². The van der Waals surface area contributed by atoms with Gasteiger partial charge in [0.15, 0.2) is 5.82 Å². The fraction of sp³-hybridized carbons (Fsp3) is 0.333. The molecule has 4 rings (SSSR count). The summed E-state index contributed by atoms with van der Waals surface area (Å²) in [7, 11) is 1.79. The van der Waals surface area contributed by atoms with Crippen LogP contribution in [0.2, 0.25) is 0 Å². The molecule has 0 radical (unpaired) electrons. The molecule has 1 atom stereocenters. The predicted octanol–water partition coefficient (Wildman–Crippen LogP) is 3.32. The maximum atomic E-state index is 12.6. The van der Waals surface area contributed by atoms with Crippen LogP contribution in [0.4, 0.5) is 5.69 Å². The lowest BCUT2D eigenvalue weighted by molar-refractivity contribution is 0.103. The fourth-order valence-corrected chi connectivity index (χ4v) is 4.32. The third-order valence-corrected chi connectivity index (χ3v) is 5.79. The Morgan fingerprint density at radius 1 is 1.36 bits per heavy atom. The van der Waals surface area contributed by atoms with Gasteiger partial charge in [0.2, 0.25) is 0 Å². The van der Waals surface area contributed by atoms with Crippen LogP contribution in [0.15, 0.2) is 30.3 Å². The molecular formula is C18H19N5OS. The number of amides is 1. The quantitative estimate of drug-likeness (QED) is 0.784. The van der Waals surface area contributed by atoms with Crippen molar-refractivity contribution in [3.8, 4) is 11.4 Å². The van der Waals surface area contributed by atoms with E-state index in [1.807, 2.05) is 24.3 Å². The molecule has 6 nitrogen and oxygen atoms in total. The molecule has 0 unspecified atom stereocenters. The Labute approximate surface area is 149 Å². The molecule has 128 valence electrons. The Hall–Kier alpha value is -2.54. The van der Waals surface area contributed by atoms with E-state index in [4.69, 9.17) is 0 Å². The number of rotatable bonds is 3. The number of tetrazole rings is 1. The molecule has 0 spiro atoms. The number of benzene rings is 1. The minimum Gasteiger partial charge on any atom is -0.321 e. The van der Waals surface area contributed by atoms with Gasteiger partial charge in [-0.1, -0.05) is 19.1 Å². The van der Waals surface area contributed by atoms with Gasteiger partial charge in [-0.3, -0.25) is 4.79 Å². The maximum absolute atomic E-state index is 12.6. The number of hydrogen-bond donors (Lipinski definition) is 1. The van der Waals surface area contributed by atoms with E-state index in [1.165, 1.54) is 16.9 Å². The van der Waals surface area contributed by atoms with Gasteiger partial charge in [0.25, 0.3) is 5.91 Å². The topological polar surface area (TPSA) is 72.7 Å². The molecular weight excluding hydrogens is 334 g/mol. The smallest absolute Gasteiger partial charge is 0.265 e. The van der Waals surface area contributed by atoms with Crippen LogP contribution in [-0.4, -0.2) is 26.1 Å². The first-order valence-electron chi connectivity index (χ1n) is 8.36. The second kappa shape index (κ2) is 6.40. The van der Waals surface area contributed by atoms with Crippen LogP contribution >= 0.6 is 11.3 Å². The Balaban J connectivity index is 1.55. The lowest BCUT2D eigenvalue weighted by atomic mass is 9.90. The first kappa shape index (κ1) is 16.0. The number of hydrogen-bond acceptors (Lipinski definition) is 5. The average molecular weight is 353 g/mol. The number of nitrogens with zero attached hydrogens (tertiary/aromatic N) is 4. The molecule has 0 aliphatic heterocycles. The van der Waals surface area contributed by atoms with Crippen LogP contribution in [0.1, 0.15) is 33.5 Å². The molecule has 1 aliphatic carbocycles. The SMILES string of the molecule is C[C@@H]1CCc2sc(C(=O)Nc3cccc(-c4nnnn4C)c3)cc2C1. The van der Waals surface area contributed by atoms with Crippen LogP contribution in [0.25, 0.3) is 11.4 Å². The molecule has 7 heteroatoms. The Bertz CT molecular complexity index is 929. The van der Waals surface area contributed by atoms with Crippen LogP contribution < -0.4 is 5.32 Å². The van der Waals surface area contributed by atoms with E-state index < -0.39 is 0 Å². The lowest BCUT2D eigenvalue weighted by Gasteiger charge is -2.16. The van der Waals surface area contributed by atoms with Crippen molar-refractivity contribution < 1.29 is 4.79 Å². The van der Waals surface area contributed by atoms with Crippen molar-refractivity contribution in [3.63, 3.8) is 0 Å². The van der Waals surface area contributed by atoms with Gasteiger partial charge in [0, 0.05) is 23.2 Å². The Morgan fingerprint density at radius 2 is 2.24 bits per heavy atom. The maximum Gasteiger partial charge on any atom is 0.265 e. The zero-order chi connectivity index (χ0) is 17.4. The highest BCUT2D eigenvalue weighted by Crippen LogP contribution is 2.32. The minimum absolute atomic E-state index is 0.0553. The average Bonchev–Trinajstić information content (AvgIpc) is 3.20. The third-order valence-electron chi connectivity index (χ3n) is 4.55. The molecule has 1 N–H and O–H groups in total. The number of fused-ring (bicyclic) bond motifs is 1. The van der Waals surface area contributed by atoms with Gasteiger partial charge in [-0.05, 0) is 59.4 Å². The summed E-state index contributed by atoms with van der Waals surface area (Å²) in [5.74, 6) is 1.31. The highest BCUT2D eigenvalue weighted by Gasteiger charge is 2.20. The molecule has 0 fully saturated rings. The van der Waals surface area contributed by atoms with Crippen LogP contribution in [0.5, 0.6) is 0 Å². The number of thiophene rings is 1. The number of aromatic nitrogens is 4. The van der Waals surface area contributed by atoms with Crippen molar-refractivity contribution in [2.45, 2.75) is 26.2 Å². The normalized spacial score (nSPS) is 16.5. The number of nitrogens with one attached hydrogen (secondary N) is 1. The first-order valence-corrected chi connectivity index (χ1v) is 9.17. The summed E-state index contributed by atoms with van der Waals surface area (Å²) in [6.07, 6.45) is 3.37. The fourth-order valence-electron chi connectivity index (χ4n) is 3.22. The zero-order valence-corrected chi connectivity index (χ0v) is 15.0. The summed E-state index contributed by atoms with van der Waals surface area (Å²) in [5, 5.41) is 14.5. The van der Waals surface area contributed by atoms with Crippen molar-refractivity contribution >= 4 is 22.9 Å². The van der Waals surface area contributed by atoms with Crippen LogP contribution in [-0.2, 0) is 19.9 Å². The van der Waals surface area contributed by atoms with E-state index in [-0.39, 0.29) is 5.91 Å². The van der Waals surface area contributed by atoms with E-state index in [0.717, 1.165) is 29.0 Å². The summed E-state index contributed by atoms with van der Waals surface area (Å²) in [6.45, 7) is 2.27. The zero-order valence-electron chi connectivity index (χ0n) is 14.2. The minimum atomic E-state index is -0.0553. The summed E-state index contributed by atoms with van der Waals surface area (Å²) in [6, 6.07) is 9.63. The molecule has 0 saturated heterocycles. The van der Waals surface area contributed by atoms with Gasteiger partial charge in [-0.2, -0.15) is 0 Å². The Morgan fingerprint density at radius 3 is 3.04 bits per heavy atom. The first-order chi connectivity index (χ1) is 12.1. The van der Waals surface area contributed by atoms with E-state index in [1.54, 1.807) is 23.1 Å². The molecule has 3 aromatic rings. The summed E-state index contributed by atoms with van der Waals surface area (Å²) >= 11 is 1.62. The second-order valence-corrected chi connectivity index (χ2v) is 7.70. The molecule has 2 heterocycles. The molecule has 0 bridgehead atoms. The highest BCUT2D eigenvalue weighted by molar-refractivity contribution is 7.14. The van der Waals surface area contributed by atoms with Gasteiger partial charge >= 0.3 is 0 Å². The van der Waals surface area contributed by atoms with Gasteiger partial charge in [-0.25, -0.2) is 4.68 Å². The van der Waals surface area contributed by atoms with Crippen molar-refractivity contribution in [1.82, 2.24) is 20.2 Å². The summed E-state index contributed by atoms with van der Waals surface area (Å²) in [5.41, 5.74) is 2.95. The number of aryl methyl sites for hydroxylation is 2. The van der Waals surface area contributed by atoms with E-state index in [9.17, 15) is 4.79 Å². The van der Waals surface area contributed by atoms with Crippen molar-refractivity contribution in [3.05, 3.63) is 45.6 Å². The lowest BCUT2D eigenvalue weighted by Crippen LogP contribution is -2.10. The van der Waals surface area contributed by atoms with Gasteiger partial charge < -0.3 is 5.32 Å². The molecule has 1 aromatic carbocycles. The number of carbonyl (C=O) groups excluding carboxylic acids is 1. The Kier molecular flexibility index (Phi) is 4.09. The predicted molar refractivity (Wildman–Crippen MR) is 97.7 cm³/mol. The van der Waals surface area contributed by atoms with E-state index in [0.29, 0.717) is 11.7 Å². The van der Waals surface area contributed by atoms with Gasteiger partial charge in [0.1, 0.15) is 0 Å². The molecule has 1 aliphatic rings. The standard InChI is InChI=1S/C18H19N5OS/c1-11-6-7-15-13(8-11)10-16(25-15)18(24)19-14-5-3-4-12(9-14)17-20-21-22-23(17)2/h3-5,9-11H,6-8H2,1-2H3,(H,19,24)/t11-/m1/s1. The second-order valence-electron chi connectivity index (χ2n) is 6.57. The molecule has 2 aromatic heterocycles. The highest BCUT2D eigenvalue weighted by atomic mass is 32.1. The summed E-state index contributed by atoms with van der Waals surface area (Å²) in [4.78, 5) is 14.8. The van der Waals surface area contributed by atoms with Crippen molar-refractivity contribution in [1.29, 1.82) is 0 Å². The monoisotopic (exact) mass is 353 g/mol.